The van der Waals surface area contributed by atoms with Crippen molar-refractivity contribution in [3.63, 3.8) is 0 Å². The second kappa shape index (κ2) is 14.9. The van der Waals surface area contributed by atoms with Gasteiger partial charge in [0.25, 0.3) is 0 Å². The normalized spacial score (nSPS) is 28.7. The summed E-state index contributed by atoms with van der Waals surface area (Å²) in [5.41, 5.74) is 0.110. The maximum Gasteiger partial charge on any atom is 0.348 e. The Morgan fingerprint density at radius 1 is 0.953 bits per heavy atom. The first kappa shape index (κ1) is 32.4. The molecule has 1 atom stereocenters. The minimum absolute atomic E-state index is 0.0515. The molecule has 238 valence electrons. The number of hydrogen-bond donors (Lipinski definition) is 1. The van der Waals surface area contributed by atoms with Crippen LogP contribution >= 0.6 is 11.3 Å². The molecule has 0 radical (unpaired) electrons. The van der Waals surface area contributed by atoms with E-state index in [1.807, 2.05) is 24.8 Å². The minimum Gasteiger partial charge on any atom is -0.477 e. The van der Waals surface area contributed by atoms with Gasteiger partial charge >= 0.3 is 5.97 Å². The SMILES string of the molecule is CC1CCC(C(=O)N(c2cc(C#CC(C)(C)COC3CCOCC3)sc2C(=O)O)C2CCC(OC3CCOC3)CC2)CC1. The van der Waals surface area contributed by atoms with Crippen LogP contribution in [0.15, 0.2) is 6.07 Å². The number of rotatable bonds is 9. The van der Waals surface area contributed by atoms with Crippen LogP contribution in [0.5, 0.6) is 0 Å². The second-order valence-corrected chi connectivity index (χ2v) is 14.7. The highest BCUT2D eigenvalue weighted by molar-refractivity contribution is 7.15. The van der Waals surface area contributed by atoms with Gasteiger partial charge in [0, 0.05) is 37.2 Å². The van der Waals surface area contributed by atoms with Crippen molar-refractivity contribution in [3.8, 4) is 11.8 Å². The van der Waals surface area contributed by atoms with Gasteiger partial charge in [0.1, 0.15) is 4.88 Å². The fourth-order valence-electron chi connectivity index (χ4n) is 6.74. The van der Waals surface area contributed by atoms with E-state index in [1.54, 1.807) is 0 Å². The third-order valence-corrected chi connectivity index (χ3v) is 10.5. The van der Waals surface area contributed by atoms with E-state index in [9.17, 15) is 14.7 Å². The highest BCUT2D eigenvalue weighted by Crippen LogP contribution is 2.39. The van der Waals surface area contributed by atoms with Crippen molar-refractivity contribution < 1.29 is 33.6 Å². The summed E-state index contributed by atoms with van der Waals surface area (Å²) in [6.45, 7) is 9.70. The van der Waals surface area contributed by atoms with Crippen molar-refractivity contribution in [2.24, 2.45) is 17.3 Å². The number of anilines is 1. The molecule has 0 spiro atoms. The van der Waals surface area contributed by atoms with Crippen LogP contribution in [0.25, 0.3) is 0 Å². The van der Waals surface area contributed by atoms with E-state index < -0.39 is 11.4 Å². The summed E-state index contributed by atoms with van der Waals surface area (Å²) in [5.74, 6) is 6.20. The highest BCUT2D eigenvalue weighted by Gasteiger charge is 2.38. The lowest BCUT2D eigenvalue weighted by Gasteiger charge is -2.39. The number of hydrogen-bond acceptors (Lipinski definition) is 7. The first-order valence-corrected chi connectivity index (χ1v) is 17.2. The Morgan fingerprint density at radius 3 is 2.28 bits per heavy atom. The third kappa shape index (κ3) is 8.82. The molecule has 1 aromatic rings. The van der Waals surface area contributed by atoms with Gasteiger partial charge in [-0.25, -0.2) is 4.79 Å². The number of carbonyl (C=O) groups excluding carboxylic acids is 1. The highest BCUT2D eigenvalue weighted by atomic mass is 32.1. The number of thiophene rings is 1. The molecule has 0 aromatic carbocycles. The molecule has 1 unspecified atom stereocenters. The van der Waals surface area contributed by atoms with Crippen LogP contribution in [0.4, 0.5) is 5.69 Å². The van der Waals surface area contributed by atoms with Crippen molar-refractivity contribution in [3.05, 3.63) is 15.8 Å². The van der Waals surface area contributed by atoms with Gasteiger partial charge in [0.15, 0.2) is 0 Å². The summed E-state index contributed by atoms with van der Waals surface area (Å²) in [4.78, 5) is 29.5. The maximum atomic E-state index is 14.2. The lowest BCUT2D eigenvalue weighted by molar-refractivity contribution is -0.124. The molecular formula is C34H49NO7S. The van der Waals surface area contributed by atoms with E-state index in [0.29, 0.717) is 29.7 Å². The zero-order valence-corrected chi connectivity index (χ0v) is 26.9. The van der Waals surface area contributed by atoms with E-state index >= 15 is 0 Å². The largest absolute Gasteiger partial charge is 0.477 e. The van der Waals surface area contributed by atoms with E-state index in [4.69, 9.17) is 18.9 Å². The molecular weight excluding hydrogens is 566 g/mol. The van der Waals surface area contributed by atoms with E-state index in [1.165, 1.54) is 11.3 Å². The van der Waals surface area contributed by atoms with Gasteiger partial charge in [-0.05, 0) is 96.5 Å². The predicted octanol–water partition coefficient (Wildman–Crippen LogP) is 6.30. The van der Waals surface area contributed by atoms with Gasteiger partial charge in [-0.2, -0.15) is 0 Å². The van der Waals surface area contributed by atoms with Crippen molar-refractivity contribution in [1.82, 2.24) is 0 Å². The molecule has 5 rings (SSSR count). The number of carboxylic acid groups (broad SMARTS) is 1. The van der Waals surface area contributed by atoms with Crippen molar-refractivity contribution in [2.75, 3.05) is 37.9 Å². The van der Waals surface area contributed by atoms with E-state index in [0.717, 1.165) is 90.4 Å². The van der Waals surface area contributed by atoms with Crippen LogP contribution in [-0.2, 0) is 23.7 Å². The van der Waals surface area contributed by atoms with Gasteiger partial charge in [-0.3, -0.25) is 4.79 Å². The molecule has 1 aromatic heterocycles. The standard InChI is InChI=1S/C34H49NO7S/c1-23-4-6-24(7-5-23)32(36)35(25-8-10-27(11-9-25)42-28-15-19-40-21-28)30-20-29(43-31(30)33(37)38)12-16-34(2,3)22-41-26-13-17-39-18-14-26/h20,23-28H,4-11,13-15,17-19,21-22H2,1-3H3,(H,37,38). The van der Waals surface area contributed by atoms with Crippen LogP contribution < -0.4 is 4.90 Å². The van der Waals surface area contributed by atoms with Gasteiger partial charge in [-0.1, -0.05) is 18.8 Å². The Morgan fingerprint density at radius 2 is 1.63 bits per heavy atom. The second-order valence-electron chi connectivity index (χ2n) is 13.6. The van der Waals surface area contributed by atoms with Crippen LogP contribution in [0.3, 0.4) is 0 Å². The van der Waals surface area contributed by atoms with Crippen molar-refractivity contribution >= 4 is 28.9 Å². The molecule has 4 fully saturated rings. The molecule has 9 heteroatoms. The first-order valence-electron chi connectivity index (χ1n) is 16.3. The summed E-state index contributed by atoms with van der Waals surface area (Å²) in [5, 5.41) is 10.3. The third-order valence-electron chi connectivity index (χ3n) is 9.42. The molecule has 2 saturated heterocycles. The van der Waals surface area contributed by atoms with Gasteiger partial charge in [-0.15, -0.1) is 11.3 Å². The number of amides is 1. The van der Waals surface area contributed by atoms with Gasteiger partial charge < -0.3 is 29.0 Å². The molecule has 43 heavy (non-hydrogen) atoms. The number of carboxylic acids is 1. The zero-order chi connectivity index (χ0) is 30.4. The van der Waals surface area contributed by atoms with Crippen molar-refractivity contribution in [1.29, 1.82) is 0 Å². The van der Waals surface area contributed by atoms with Crippen LogP contribution in [0.1, 0.15) is 106 Å². The number of nitrogens with zero attached hydrogens (tertiary/aromatic N) is 1. The molecule has 1 amide bonds. The summed E-state index contributed by atoms with van der Waals surface area (Å²) in [7, 11) is 0. The van der Waals surface area contributed by atoms with E-state index in [2.05, 4.69) is 18.8 Å². The Bertz CT molecular complexity index is 1140. The summed E-state index contributed by atoms with van der Waals surface area (Å²) < 4.78 is 23.4. The predicted molar refractivity (Wildman–Crippen MR) is 167 cm³/mol. The molecule has 2 aliphatic carbocycles. The Hall–Kier alpha value is -1.96. The summed E-state index contributed by atoms with van der Waals surface area (Å²) in [6.07, 6.45) is 10.3. The van der Waals surface area contributed by atoms with Crippen molar-refractivity contribution in [2.45, 2.75) is 116 Å². The fraction of sp³-hybridized carbons (Fsp3) is 0.765. The van der Waals surface area contributed by atoms with Gasteiger partial charge in [0.05, 0.1) is 42.1 Å². The maximum absolute atomic E-state index is 14.2. The quantitative estimate of drug-likeness (QED) is 0.326. The van der Waals surface area contributed by atoms with Crippen LogP contribution in [-0.4, -0.2) is 74.4 Å². The Balaban J connectivity index is 1.34. The molecule has 3 heterocycles. The Kier molecular flexibility index (Phi) is 11.2. The monoisotopic (exact) mass is 615 g/mol. The number of aromatic carboxylic acids is 1. The molecule has 2 aliphatic heterocycles. The minimum atomic E-state index is -1.01. The van der Waals surface area contributed by atoms with Crippen LogP contribution in [0, 0.1) is 29.1 Å². The molecule has 8 nitrogen and oxygen atoms in total. The molecule has 1 N–H and O–H groups in total. The lowest BCUT2D eigenvalue weighted by Crippen LogP contribution is -2.47. The van der Waals surface area contributed by atoms with Gasteiger partial charge in [0.2, 0.25) is 5.91 Å². The van der Waals surface area contributed by atoms with Crippen LogP contribution in [0.2, 0.25) is 0 Å². The topological polar surface area (TPSA) is 94.5 Å². The first-order chi connectivity index (χ1) is 20.7. The molecule has 4 aliphatic rings. The average Bonchev–Trinajstić information content (AvgIpc) is 3.68. The summed E-state index contributed by atoms with van der Waals surface area (Å²) in [6, 6.07) is 1.79. The number of carbonyl (C=O) groups is 2. The van der Waals surface area contributed by atoms with E-state index in [-0.39, 0.29) is 41.1 Å². The number of ether oxygens (including phenoxy) is 4. The molecule has 2 saturated carbocycles. The molecule has 0 bridgehead atoms. The summed E-state index contributed by atoms with van der Waals surface area (Å²) >= 11 is 1.17. The Labute approximate surface area is 260 Å². The smallest absolute Gasteiger partial charge is 0.348 e. The average molecular weight is 616 g/mol. The lowest BCUT2D eigenvalue weighted by atomic mass is 9.81. The zero-order valence-electron chi connectivity index (χ0n) is 26.1. The fourth-order valence-corrected chi connectivity index (χ4v) is 7.58.